The van der Waals surface area contributed by atoms with E-state index < -0.39 is 0 Å². The Morgan fingerprint density at radius 2 is 1.77 bits per heavy atom. The summed E-state index contributed by atoms with van der Waals surface area (Å²) in [6.07, 6.45) is 0.923. The minimum atomic E-state index is 0.0139. The zero-order valence-electron chi connectivity index (χ0n) is 9.77. The standard InChI is InChI=1S/C11H23NO/c1-8(2)7-10(9(3)13)12-11(4,5)6/h8,10,12H,7H2,1-6H3. The van der Waals surface area contributed by atoms with Gasteiger partial charge in [-0.25, -0.2) is 0 Å². The number of ketones is 1. The van der Waals surface area contributed by atoms with Crippen LogP contribution in [0.5, 0.6) is 0 Å². The van der Waals surface area contributed by atoms with Gasteiger partial charge in [-0.2, -0.15) is 0 Å². The molecule has 0 aliphatic carbocycles. The van der Waals surface area contributed by atoms with E-state index in [1.54, 1.807) is 6.92 Å². The molecule has 0 aliphatic heterocycles. The molecule has 0 aromatic heterocycles. The van der Waals surface area contributed by atoms with Crippen LogP contribution in [0.4, 0.5) is 0 Å². The molecular formula is C11H23NO. The average molecular weight is 185 g/mol. The minimum Gasteiger partial charge on any atom is -0.303 e. The Balaban J connectivity index is 4.19. The Morgan fingerprint density at radius 1 is 1.31 bits per heavy atom. The van der Waals surface area contributed by atoms with Gasteiger partial charge in [-0.3, -0.25) is 4.79 Å². The summed E-state index contributed by atoms with van der Waals surface area (Å²) in [4.78, 5) is 11.3. The molecule has 0 radical (unpaired) electrons. The maximum Gasteiger partial charge on any atom is 0.146 e. The van der Waals surface area contributed by atoms with Crippen LogP contribution in [0.3, 0.4) is 0 Å². The Morgan fingerprint density at radius 3 is 2.00 bits per heavy atom. The van der Waals surface area contributed by atoms with Crippen molar-refractivity contribution in [3.63, 3.8) is 0 Å². The number of rotatable bonds is 4. The van der Waals surface area contributed by atoms with Crippen molar-refractivity contribution >= 4 is 5.78 Å². The van der Waals surface area contributed by atoms with E-state index in [1.165, 1.54) is 0 Å². The second-order valence-electron chi connectivity index (χ2n) is 5.19. The summed E-state index contributed by atoms with van der Waals surface area (Å²) in [5.74, 6) is 0.798. The monoisotopic (exact) mass is 185 g/mol. The summed E-state index contributed by atoms with van der Waals surface area (Å²) >= 11 is 0. The minimum absolute atomic E-state index is 0.0139. The van der Waals surface area contributed by atoms with Crippen LogP contribution in [0.1, 0.15) is 48.0 Å². The van der Waals surface area contributed by atoms with Gasteiger partial charge in [-0.05, 0) is 40.0 Å². The maximum absolute atomic E-state index is 11.3. The van der Waals surface area contributed by atoms with E-state index in [4.69, 9.17) is 0 Å². The molecule has 2 nitrogen and oxygen atoms in total. The summed E-state index contributed by atoms with van der Waals surface area (Å²) in [6, 6.07) is 0.0139. The van der Waals surface area contributed by atoms with Crippen LogP contribution in [-0.2, 0) is 4.79 Å². The SMILES string of the molecule is CC(=O)C(CC(C)C)NC(C)(C)C. The first-order valence-electron chi connectivity index (χ1n) is 5.00. The van der Waals surface area contributed by atoms with Crippen molar-refractivity contribution < 1.29 is 4.79 Å². The molecule has 1 atom stereocenters. The number of carbonyl (C=O) groups is 1. The van der Waals surface area contributed by atoms with Gasteiger partial charge in [0, 0.05) is 5.54 Å². The Hall–Kier alpha value is -0.370. The van der Waals surface area contributed by atoms with Gasteiger partial charge in [0.25, 0.3) is 0 Å². The van der Waals surface area contributed by atoms with Gasteiger partial charge in [-0.1, -0.05) is 13.8 Å². The van der Waals surface area contributed by atoms with Gasteiger partial charge >= 0.3 is 0 Å². The number of nitrogens with one attached hydrogen (secondary N) is 1. The number of Topliss-reactive ketones (excluding diaryl/α,β-unsaturated/α-hetero) is 1. The predicted octanol–water partition coefficient (Wildman–Crippen LogP) is 2.38. The lowest BCUT2D eigenvalue weighted by Gasteiger charge is -2.28. The molecule has 0 bridgehead atoms. The fraction of sp³-hybridized carbons (Fsp3) is 0.909. The summed E-state index contributed by atoms with van der Waals surface area (Å²) < 4.78 is 0. The van der Waals surface area contributed by atoms with E-state index in [2.05, 4.69) is 39.9 Å². The van der Waals surface area contributed by atoms with Crippen LogP contribution in [-0.4, -0.2) is 17.4 Å². The van der Waals surface area contributed by atoms with Crippen LogP contribution in [0.15, 0.2) is 0 Å². The molecule has 0 saturated carbocycles. The topological polar surface area (TPSA) is 29.1 Å². The van der Waals surface area contributed by atoms with Crippen molar-refractivity contribution in [3.05, 3.63) is 0 Å². The average Bonchev–Trinajstić information content (AvgIpc) is 1.81. The fourth-order valence-electron chi connectivity index (χ4n) is 1.32. The van der Waals surface area contributed by atoms with Gasteiger partial charge < -0.3 is 5.32 Å². The number of hydrogen-bond donors (Lipinski definition) is 1. The first-order valence-corrected chi connectivity index (χ1v) is 5.00. The molecule has 0 heterocycles. The van der Waals surface area contributed by atoms with E-state index in [-0.39, 0.29) is 17.4 Å². The zero-order valence-corrected chi connectivity index (χ0v) is 9.77. The second kappa shape index (κ2) is 4.75. The van der Waals surface area contributed by atoms with E-state index in [0.29, 0.717) is 5.92 Å². The maximum atomic E-state index is 11.3. The largest absolute Gasteiger partial charge is 0.303 e. The van der Waals surface area contributed by atoms with Gasteiger partial charge in [0.1, 0.15) is 5.78 Å². The quantitative estimate of drug-likeness (QED) is 0.728. The molecule has 1 unspecified atom stereocenters. The van der Waals surface area contributed by atoms with Crippen LogP contribution < -0.4 is 5.32 Å². The summed E-state index contributed by atoms with van der Waals surface area (Å²) in [7, 11) is 0. The first-order chi connectivity index (χ1) is 5.72. The molecule has 78 valence electrons. The zero-order chi connectivity index (χ0) is 10.6. The lowest BCUT2D eigenvalue weighted by molar-refractivity contribution is -0.119. The Labute approximate surface area is 82.1 Å². The van der Waals surface area contributed by atoms with E-state index >= 15 is 0 Å². The van der Waals surface area contributed by atoms with Gasteiger partial charge in [0.15, 0.2) is 0 Å². The molecule has 0 aliphatic rings. The van der Waals surface area contributed by atoms with Crippen LogP contribution in [0, 0.1) is 5.92 Å². The molecule has 0 amide bonds. The molecule has 1 N–H and O–H groups in total. The van der Waals surface area contributed by atoms with Crippen LogP contribution in [0.2, 0.25) is 0 Å². The third kappa shape index (κ3) is 6.76. The lowest BCUT2D eigenvalue weighted by Crippen LogP contribution is -2.47. The van der Waals surface area contributed by atoms with Gasteiger partial charge in [-0.15, -0.1) is 0 Å². The number of carbonyl (C=O) groups excluding carboxylic acids is 1. The Kier molecular flexibility index (Phi) is 4.62. The normalized spacial score (nSPS) is 14.7. The molecule has 0 spiro atoms. The third-order valence-electron chi connectivity index (χ3n) is 1.81. The predicted molar refractivity (Wildman–Crippen MR) is 56.8 cm³/mol. The highest BCUT2D eigenvalue weighted by molar-refractivity contribution is 5.81. The fourth-order valence-corrected chi connectivity index (χ4v) is 1.32. The molecule has 13 heavy (non-hydrogen) atoms. The van der Waals surface area contributed by atoms with Crippen molar-refractivity contribution in [1.29, 1.82) is 0 Å². The first kappa shape index (κ1) is 12.6. The second-order valence-corrected chi connectivity index (χ2v) is 5.19. The highest BCUT2D eigenvalue weighted by Gasteiger charge is 2.21. The molecule has 0 aromatic rings. The van der Waals surface area contributed by atoms with Crippen molar-refractivity contribution in [2.24, 2.45) is 5.92 Å². The van der Waals surface area contributed by atoms with E-state index in [9.17, 15) is 4.79 Å². The Bertz CT molecular complexity index is 167. The molecule has 0 fully saturated rings. The highest BCUT2D eigenvalue weighted by Crippen LogP contribution is 2.10. The molecule has 0 rings (SSSR count). The van der Waals surface area contributed by atoms with Gasteiger partial charge in [0.05, 0.1) is 6.04 Å². The lowest BCUT2D eigenvalue weighted by atomic mass is 9.97. The van der Waals surface area contributed by atoms with E-state index in [1.807, 2.05) is 0 Å². The molecule has 2 heteroatoms. The summed E-state index contributed by atoms with van der Waals surface area (Å²) in [5.41, 5.74) is 0.0191. The van der Waals surface area contributed by atoms with Crippen molar-refractivity contribution in [3.8, 4) is 0 Å². The summed E-state index contributed by atoms with van der Waals surface area (Å²) in [6.45, 7) is 12.2. The third-order valence-corrected chi connectivity index (χ3v) is 1.81. The molecule has 0 saturated heterocycles. The van der Waals surface area contributed by atoms with E-state index in [0.717, 1.165) is 6.42 Å². The van der Waals surface area contributed by atoms with Crippen molar-refractivity contribution in [2.45, 2.75) is 59.5 Å². The van der Waals surface area contributed by atoms with Gasteiger partial charge in [0.2, 0.25) is 0 Å². The van der Waals surface area contributed by atoms with Crippen LogP contribution >= 0.6 is 0 Å². The van der Waals surface area contributed by atoms with Crippen LogP contribution in [0.25, 0.3) is 0 Å². The van der Waals surface area contributed by atoms with Crippen molar-refractivity contribution in [1.82, 2.24) is 5.32 Å². The number of hydrogen-bond acceptors (Lipinski definition) is 2. The smallest absolute Gasteiger partial charge is 0.146 e. The van der Waals surface area contributed by atoms with Crippen molar-refractivity contribution in [2.75, 3.05) is 0 Å². The summed E-state index contributed by atoms with van der Waals surface area (Å²) in [5, 5.41) is 3.34. The highest BCUT2D eigenvalue weighted by atomic mass is 16.1. The molecule has 0 aromatic carbocycles. The molecular weight excluding hydrogens is 162 g/mol.